The van der Waals surface area contributed by atoms with Crippen LogP contribution in [0.4, 0.5) is 5.69 Å². The molecular formula is C21H23N3O4S2. The molecule has 2 aliphatic rings. The van der Waals surface area contributed by atoms with Gasteiger partial charge in [0, 0.05) is 42.4 Å². The SMILES string of the molecule is O=C(CN1C(=O)c2ccccc2CS1(=O)=O)Nc1cccc(CN2CCSCC2)c1. The molecular weight excluding hydrogens is 422 g/mol. The standard InChI is InChI=1S/C21H23N3O4S2/c25-20(14-24-21(26)19-7-2-1-5-17(19)15-30(24,27)28)22-18-6-3-4-16(12-18)13-23-8-10-29-11-9-23/h1-7,12H,8-11,13-15H2,(H,22,25). The third-order valence-electron chi connectivity index (χ3n) is 5.16. The minimum Gasteiger partial charge on any atom is -0.325 e. The minimum absolute atomic E-state index is 0.286. The lowest BCUT2D eigenvalue weighted by atomic mass is 10.1. The molecule has 2 aliphatic heterocycles. The molecule has 0 saturated carbocycles. The topological polar surface area (TPSA) is 86.8 Å². The Balaban J connectivity index is 1.43. The van der Waals surface area contributed by atoms with Gasteiger partial charge in [-0.15, -0.1) is 0 Å². The van der Waals surface area contributed by atoms with Crippen molar-refractivity contribution in [2.45, 2.75) is 12.3 Å². The Kier molecular flexibility index (Phi) is 6.12. The molecule has 158 valence electrons. The summed E-state index contributed by atoms with van der Waals surface area (Å²) in [6, 6.07) is 14.1. The van der Waals surface area contributed by atoms with E-state index in [1.165, 1.54) is 0 Å². The molecule has 1 fully saturated rings. The van der Waals surface area contributed by atoms with Crippen LogP contribution < -0.4 is 5.32 Å². The molecule has 0 radical (unpaired) electrons. The summed E-state index contributed by atoms with van der Waals surface area (Å²) in [6.07, 6.45) is 0. The molecule has 9 heteroatoms. The van der Waals surface area contributed by atoms with Crippen LogP contribution >= 0.6 is 11.8 Å². The second-order valence-electron chi connectivity index (χ2n) is 7.36. The van der Waals surface area contributed by atoms with E-state index < -0.39 is 28.4 Å². The molecule has 0 bridgehead atoms. The number of benzene rings is 2. The molecule has 30 heavy (non-hydrogen) atoms. The van der Waals surface area contributed by atoms with Crippen LogP contribution in [0.5, 0.6) is 0 Å². The van der Waals surface area contributed by atoms with Crippen molar-refractivity contribution in [3.63, 3.8) is 0 Å². The van der Waals surface area contributed by atoms with Crippen molar-refractivity contribution in [2.75, 3.05) is 36.5 Å². The number of thioether (sulfide) groups is 1. The van der Waals surface area contributed by atoms with Gasteiger partial charge in [-0.2, -0.15) is 11.8 Å². The zero-order valence-electron chi connectivity index (χ0n) is 16.4. The van der Waals surface area contributed by atoms with Gasteiger partial charge in [0.05, 0.1) is 5.75 Å². The van der Waals surface area contributed by atoms with Gasteiger partial charge in [0.1, 0.15) is 6.54 Å². The number of sulfonamides is 1. The highest BCUT2D eigenvalue weighted by Gasteiger charge is 2.36. The molecule has 2 aromatic carbocycles. The summed E-state index contributed by atoms with van der Waals surface area (Å²) in [6.45, 7) is 2.35. The lowest BCUT2D eigenvalue weighted by Gasteiger charge is -2.27. The summed E-state index contributed by atoms with van der Waals surface area (Å²) in [5.41, 5.74) is 2.45. The number of anilines is 1. The number of nitrogens with zero attached hydrogens (tertiary/aromatic N) is 2. The molecule has 4 rings (SSSR count). The fourth-order valence-corrected chi connectivity index (χ4v) is 6.10. The van der Waals surface area contributed by atoms with Gasteiger partial charge in [-0.05, 0) is 29.3 Å². The van der Waals surface area contributed by atoms with E-state index in [2.05, 4.69) is 10.2 Å². The van der Waals surface area contributed by atoms with Crippen LogP contribution in [0.15, 0.2) is 48.5 Å². The van der Waals surface area contributed by atoms with E-state index in [0.717, 1.165) is 36.7 Å². The van der Waals surface area contributed by atoms with Crippen LogP contribution in [0.1, 0.15) is 21.5 Å². The van der Waals surface area contributed by atoms with Crippen molar-refractivity contribution in [3.05, 3.63) is 65.2 Å². The van der Waals surface area contributed by atoms with Crippen molar-refractivity contribution < 1.29 is 18.0 Å². The Morgan fingerprint density at radius 2 is 1.83 bits per heavy atom. The Morgan fingerprint density at radius 1 is 1.07 bits per heavy atom. The smallest absolute Gasteiger partial charge is 0.268 e. The van der Waals surface area contributed by atoms with Crippen molar-refractivity contribution in [1.29, 1.82) is 0 Å². The number of carbonyl (C=O) groups is 2. The van der Waals surface area contributed by atoms with Crippen LogP contribution in [0.3, 0.4) is 0 Å². The molecule has 0 aromatic heterocycles. The first-order valence-electron chi connectivity index (χ1n) is 9.74. The van der Waals surface area contributed by atoms with E-state index in [1.54, 1.807) is 30.3 Å². The maximum absolute atomic E-state index is 12.7. The molecule has 2 heterocycles. The summed E-state index contributed by atoms with van der Waals surface area (Å²) >= 11 is 1.95. The monoisotopic (exact) mass is 445 g/mol. The number of nitrogens with one attached hydrogen (secondary N) is 1. The molecule has 7 nitrogen and oxygen atoms in total. The van der Waals surface area contributed by atoms with Crippen molar-refractivity contribution >= 4 is 39.3 Å². The Labute approximate surface area is 180 Å². The van der Waals surface area contributed by atoms with Crippen LogP contribution in [0.2, 0.25) is 0 Å². The van der Waals surface area contributed by atoms with E-state index in [-0.39, 0.29) is 5.75 Å². The summed E-state index contributed by atoms with van der Waals surface area (Å²) in [5, 5.41) is 2.73. The van der Waals surface area contributed by atoms with Gasteiger partial charge >= 0.3 is 0 Å². The second-order valence-corrected chi connectivity index (χ2v) is 10.5. The maximum atomic E-state index is 12.7. The van der Waals surface area contributed by atoms with Crippen LogP contribution in [0.25, 0.3) is 0 Å². The predicted octanol–water partition coefficient (Wildman–Crippen LogP) is 2.16. The number of hydrogen-bond acceptors (Lipinski definition) is 6. The molecule has 0 unspecified atom stereocenters. The predicted molar refractivity (Wildman–Crippen MR) is 118 cm³/mol. The van der Waals surface area contributed by atoms with Gasteiger partial charge in [0.25, 0.3) is 5.91 Å². The number of fused-ring (bicyclic) bond motifs is 1. The van der Waals surface area contributed by atoms with E-state index in [0.29, 0.717) is 21.1 Å². The average molecular weight is 446 g/mol. The van der Waals surface area contributed by atoms with Gasteiger partial charge in [-0.25, -0.2) is 12.7 Å². The first-order chi connectivity index (χ1) is 14.4. The fourth-order valence-electron chi connectivity index (χ4n) is 3.66. The summed E-state index contributed by atoms with van der Waals surface area (Å²) in [5.74, 6) is 0.753. The van der Waals surface area contributed by atoms with E-state index >= 15 is 0 Å². The summed E-state index contributed by atoms with van der Waals surface area (Å²) < 4.78 is 25.7. The van der Waals surface area contributed by atoms with Crippen LogP contribution in [-0.2, 0) is 27.1 Å². The lowest BCUT2D eigenvalue weighted by Crippen LogP contribution is -2.45. The molecule has 1 N–H and O–H groups in total. The Hall–Kier alpha value is -2.36. The molecule has 0 aliphatic carbocycles. The highest BCUT2D eigenvalue weighted by molar-refractivity contribution is 7.99. The molecule has 1 saturated heterocycles. The minimum atomic E-state index is -3.89. The molecule has 0 spiro atoms. The van der Waals surface area contributed by atoms with Crippen LogP contribution in [-0.4, -0.2) is 60.6 Å². The number of rotatable bonds is 5. The first kappa shape index (κ1) is 20.9. The quantitative estimate of drug-likeness (QED) is 0.759. The molecule has 2 aromatic rings. The Morgan fingerprint density at radius 3 is 2.63 bits per heavy atom. The van der Waals surface area contributed by atoms with Gasteiger partial charge in [0.2, 0.25) is 15.9 Å². The summed E-state index contributed by atoms with van der Waals surface area (Å²) in [4.78, 5) is 27.6. The zero-order chi connectivity index (χ0) is 21.1. The average Bonchev–Trinajstić information content (AvgIpc) is 2.72. The first-order valence-corrected chi connectivity index (χ1v) is 12.5. The number of hydrogen-bond donors (Lipinski definition) is 1. The van der Waals surface area contributed by atoms with E-state index in [9.17, 15) is 18.0 Å². The number of carbonyl (C=O) groups excluding carboxylic acids is 2. The third-order valence-corrected chi connectivity index (χ3v) is 7.74. The maximum Gasteiger partial charge on any atom is 0.268 e. The third kappa shape index (κ3) is 4.69. The normalized spacial score (nSPS) is 18.7. The van der Waals surface area contributed by atoms with Crippen molar-refractivity contribution in [2.24, 2.45) is 0 Å². The lowest BCUT2D eigenvalue weighted by molar-refractivity contribution is -0.116. The fraction of sp³-hybridized carbons (Fsp3) is 0.333. The van der Waals surface area contributed by atoms with E-state index in [4.69, 9.17) is 0 Å². The van der Waals surface area contributed by atoms with Gasteiger partial charge in [-0.1, -0.05) is 30.3 Å². The molecule has 0 atom stereocenters. The Bertz CT molecular complexity index is 1070. The van der Waals surface area contributed by atoms with Gasteiger partial charge in [0.15, 0.2) is 0 Å². The molecule has 2 amide bonds. The highest BCUT2D eigenvalue weighted by atomic mass is 32.2. The highest BCUT2D eigenvalue weighted by Crippen LogP contribution is 2.24. The largest absolute Gasteiger partial charge is 0.325 e. The second kappa shape index (κ2) is 8.79. The van der Waals surface area contributed by atoms with Gasteiger partial charge in [-0.3, -0.25) is 14.5 Å². The van der Waals surface area contributed by atoms with Crippen molar-refractivity contribution in [3.8, 4) is 0 Å². The summed E-state index contributed by atoms with van der Waals surface area (Å²) in [7, 11) is -3.89. The van der Waals surface area contributed by atoms with E-state index in [1.807, 2.05) is 30.0 Å². The zero-order valence-corrected chi connectivity index (χ0v) is 18.0. The number of amides is 2. The van der Waals surface area contributed by atoms with Gasteiger partial charge < -0.3 is 5.32 Å². The van der Waals surface area contributed by atoms with Crippen molar-refractivity contribution in [1.82, 2.24) is 9.21 Å². The van der Waals surface area contributed by atoms with Crippen LogP contribution in [0, 0.1) is 0 Å².